The fraction of sp³-hybridized carbons (Fsp3) is 0.333. The Kier molecular flexibility index (Phi) is 5.11. The number of carboxylic acids is 1. The lowest BCUT2D eigenvalue weighted by Gasteiger charge is -2.36. The van der Waals surface area contributed by atoms with Gasteiger partial charge in [-0.05, 0) is 36.6 Å². The van der Waals surface area contributed by atoms with Crippen LogP contribution in [-0.2, 0) is 21.5 Å². The first-order chi connectivity index (χ1) is 12.0. The van der Waals surface area contributed by atoms with Gasteiger partial charge < -0.3 is 19.6 Å². The van der Waals surface area contributed by atoms with Crippen molar-refractivity contribution in [1.29, 1.82) is 0 Å². The average Bonchev–Trinajstić information content (AvgIpc) is 3.10. The van der Waals surface area contributed by atoms with Crippen LogP contribution in [0.1, 0.15) is 34.7 Å². The zero-order valence-corrected chi connectivity index (χ0v) is 14.2. The molecule has 1 saturated heterocycles. The predicted octanol–water partition coefficient (Wildman–Crippen LogP) is 3.00. The van der Waals surface area contributed by atoms with Crippen LogP contribution in [0.25, 0.3) is 0 Å². The summed E-state index contributed by atoms with van der Waals surface area (Å²) in [7, 11) is 0. The fourth-order valence-electron chi connectivity index (χ4n) is 3.11. The minimum absolute atomic E-state index is 0.110. The molecule has 1 aromatic heterocycles. The molecule has 132 valence electrons. The van der Waals surface area contributed by atoms with Crippen LogP contribution in [0, 0.1) is 0 Å². The highest BCUT2D eigenvalue weighted by Crippen LogP contribution is 2.38. The minimum Gasteiger partial charge on any atom is -0.475 e. The monoisotopic (exact) mass is 363 g/mol. The maximum Gasteiger partial charge on any atom is 0.371 e. The molecule has 0 spiro atoms. The summed E-state index contributed by atoms with van der Waals surface area (Å²) in [6.07, 6.45) is 1.06. The van der Waals surface area contributed by atoms with Crippen molar-refractivity contribution in [2.45, 2.75) is 24.8 Å². The number of nitrogens with one attached hydrogen (secondary N) is 1. The number of carboxylic acid groups (broad SMARTS) is 1. The third-order valence-electron chi connectivity index (χ3n) is 4.47. The largest absolute Gasteiger partial charge is 0.475 e. The summed E-state index contributed by atoms with van der Waals surface area (Å²) in [5.41, 5.74) is 0.0156. The van der Waals surface area contributed by atoms with E-state index in [2.05, 4.69) is 5.32 Å². The molecule has 0 radical (unpaired) electrons. The molecule has 1 fully saturated rings. The number of carbonyl (C=O) groups is 2. The van der Waals surface area contributed by atoms with Gasteiger partial charge in [0.2, 0.25) is 11.7 Å². The smallest absolute Gasteiger partial charge is 0.371 e. The molecule has 3 rings (SSSR count). The predicted molar refractivity (Wildman–Crippen MR) is 90.7 cm³/mol. The van der Waals surface area contributed by atoms with E-state index < -0.39 is 11.4 Å². The minimum atomic E-state index is -1.14. The van der Waals surface area contributed by atoms with Gasteiger partial charge in [-0.2, -0.15) is 0 Å². The van der Waals surface area contributed by atoms with Crippen molar-refractivity contribution in [1.82, 2.24) is 5.32 Å². The highest BCUT2D eigenvalue weighted by molar-refractivity contribution is 6.31. The zero-order valence-electron chi connectivity index (χ0n) is 13.5. The lowest BCUT2D eigenvalue weighted by molar-refractivity contribution is -0.130. The first-order valence-electron chi connectivity index (χ1n) is 7.96. The summed E-state index contributed by atoms with van der Waals surface area (Å²) in [4.78, 5) is 23.9. The van der Waals surface area contributed by atoms with Crippen molar-refractivity contribution in [3.8, 4) is 0 Å². The molecule has 0 bridgehead atoms. The number of ether oxygens (including phenoxy) is 1. The van der Waals surface area contributed by atoms with E-state index in [9.17, 15) is 9.59 Å². The Morgan fingerprint density at radius 2 is 1.88 bits per heavy atom. The van der Waals surface area contributed by atoms with Crippen molar-refractivity contribution < 1.29 is 23.8 Å². The number of rotatable bonds is 5. The second-order valence-electron chi connectivity index (χ2n) is 5.93. The van der Waals surface area contributed by atoms with E-state index in [0.29, 0.717) is 36.8 Å². The highest BCUT2D eigenvalue weighted by Gasteiger charge is 2.42. The van der Waals surface area contributed by atoms with E-state index in [1.807, 2.05) is 18.2 Å². The first kappa shape index (κ1) is 17.5. The van der Waals surface area contributed by atoms with Gasteiger partial charge in [0.15, 0.2) is 0 Å². The van der Waals surface area contributed by atoms with Gasteiger partial charge in [0.05, 0.1) is 12.0 Å². The summed E-state index contributed by atoms with van der Waals surface area (Å²) in [5, 5.41) is 12.3. The number of furan rings is 1. The van der Waals surface area contributed by atoms with Gasteiger partial charge in [-0.15, -0.1) is 0 Å². The first-order valence-corrected chi connectivity index (χ1v) is 8.34. The van der Waals surface area contributed by atoms with Gasteiger partial charge in [-0.25, -0.2) is 4.79 Å². The standard InChI is InChI=1S/C18H18ClNO5/c19-14-4-2-1-3-13(14)18(7-9-24-10-8-18)17(23)20-11-12-5-6-15(25-12)16(21)22/h1-6H,7-11H2,(H,20,23)(H,21,22). The summed E-state index contributed by atoms with van der Waals surface area (Å²) >= 11 is 6.34. The summed E-state index contributed by atoms with van der Waals surface area (Å²) in [6, 6.07) is 10.2. The van der Waals surface area contributed by atoms with E-state index in [-0.39, 0.29) is 18.2 Å². The number of carbonyl (C=O) groups excluding carboxylic acids is 1. The van der Waals surface area contributed by atoms with Crippen LogP contribution >= 0.6 is 11.6 Å². The molecule has 0 aliphatic carbocycles. The number of amides is 1. The Labute approximate surface area is 149 Å². The summed E-state index contributed by atoms with van der Waals surface area (Å²) in [6.45, 7) is 1.06. The molecule has 1 aliphatic heterocycles. The van der Waals surface area contributed by atoms with Crippen molar-refractivity contribution in [2.75, 3.05) is 13.2 Å². The maximum atomic E-state index is 13.0. The molecule has 0 saturated carbocycles. The third kappa shape index (κ3) is 3.55. The van der Waals surface area contributed by atoms with Gasteiger partial charge in [0, 0.05) is 18.2 Å². The van der Waals surface area contributed by atoms with Gasteiger partial charge in [-0.3, -0.25) is 4.79 Å². The van der Waals surface area contributed by atoms with E-state index in [0.717, 1.165) is 5.56 Å². The van der Waals surface area contributed by atoms with E-state index in [1.165, 1.54) is 12.1 Å². The van der Waals surface area contributed by atoms with Gasteiger partial charge >= 0.3 is 5.97 Å². The normalized spacial score (nSPS) is 16.4. The molecule has 25 heavy (non-hydrogen) atoms. The van der Waals surface area contributed by atoms with Crippen LogP contribution in [0.5, 0.6) is 0 Å². The molecule has 1 aliphatic rings. The molecule has 2 aromatic rings. The Morgan fingerprint density at radius 1 is 1.16 bits per heavy atom. The van der Waals surface area contributed by atoms with Crippen LogP contribution in [0.3, 0.4) is 0 Å². The lowest BCUT2D eigenvalue weighted by atomic mass is 9.73. The Hall–Kier alpha value is -2.31. The zero-order chi connectivity index (χ0) is 17.9. The summed E-state index contributed by atoms with van der Waals surface area (Å²) in [5.74, 6) is -1.09. The van der Waals surface area contributed by atoms with Crippen LogP contribution in [0.4, 0.5) is 0 Å². The molecule has 1 amide bonds. The second-order valence-corrected chi connectivity index (χ2v) is 6.34. The van der Waals surface area contributed by atoms with Gasteiger partial charge in [0.1, 0.15) is 5.76 Å². The second kappa shape index (κ2) is 7.29. The van der Waals surface area contributed by atoms with Crippen LogP contribution in [0.15, 0.2) is 40.8 Å². The van der Waals surface area contributed by atoms with E-state index in [4.69, 9.17) is 25.9 Å². The fourth-order valence-corrected chi connectivity index (χ4v) is 3.43. The molecule has 2 N–H and O–H groups in total. The third-order valence-corrected chi connectivity index (χ3v) is 4.80. The van der Waals surface area contributed by atoms with Crippen LogP contribution in [0.2, 0.25) is 5.02 Å². The SMILES string of the molecule is O=C(O)c1ccc(CNC(=O)C2(c3ccccc3Cl)CCOCC2)o1. The number of hydrogen-bond donors (Lipinski definition) is 2. The van der Waals surface area contributed by atoms with Crippen LogP contribution < -0.4 is 5.32 Å². The lowest BCUT2D eigenvalue weighted by Crippen LogP contribution is -2.48. The van der Waals surface area contributed by atoms with Gasteiger partial charge in [0.25, 0.3) is 0 Å². The molecule has 1 aromatic carbocycles. The molecule has 7 heteroatoms. The molecular formula is C18H18ClNO5. The number of aromatic carboxylic acids is 1. The van der Waals surface area contributed by atoms with E-state index >= 15 is 0 Å². The quantitative estimate of drug-likeness (QED) is 0.852. The van der Waals surface area contributed by atoms with Crippen molar-refractivity contribution in [3.05, 3.63) is 58.5 Å². The molecule has 0 unspecified atom stereocenters. The van der Waals surface area contributed by atoms with Crippen molar-refractivity contribution in [3.63, 3.8) is 0 Å². The van der Waals surface area contributed by atoms with Crippen molar-refractivity contribution in [2.24, 2.45) is 0 Å². The number of halogens is 1. The molecule has 0 atom stereocenters. The van der Waals surface area contributed by atoms with Crippen molar-refractivity contribution >= 4 is 23.5 Å². The Morgan fingerprint density at radius 3 is 2.52 bits per heavy atom. The average molecular weight is 364 g/mol. The molecule has 2 heterocycles. The summed E-state index contributed by atoms with van der Waals surface area (Å²) < 4.78 is 10.6. The maximum absolute atomic E-state index is 13.0. The number of hydrogen-bond acceptors (Lipinski definition) is 4. The van der Waals surface area contributed by atoms with Gasteiger partial charge in [-0.1, -0.05) is 29.8 Å². The Bertz CT molecular complexity index is 779. The topological polar surface area (TPSA) is 88.8 Å². The molecular weight excluding hydrogens is 346 g/mol. The number of benzene rings is 1. The molecule has 6 nitrogen and oxygen atoms in total. The van der Waals surface area contributed by atoms with E-state index in [1.54, 1.807) is 6.07 Å². The Balaban J connectivity index is 1.80. The van der Waals surface area contributed by atoms with Crippen LogP contribution in [-0.4, -0.2) is 30.2 Å². The highest BCUT2D eigenvalue weighted by atomic mass is 35.5.